The van der Waals surface area contributed by atoms with Crippen LogP contribution >= 0.6 is 0 Å². The molecule has 7 nitrogen and oxygen atoms in total. The Kier molecular flexibility index (Phi) is 7.73. The molecule has 0 spiro atoms. The van der Waals surface area contributed by atoms with Gasteiger partial charge in [-0.1, -0.05) is 30.3 Å². The van der Waals surface area contributed by atoms with Gasteiger partial charge in [-0.2, -0.15) is 0 Å². The van der Waals surface area contributed by atoms with Crippen molar-refractivity contribution in [1.29, 1.82) is 0 Å². The van der Waals surface area contributed by atoms with E-state index in [0.29, 0.717) is 49.6 Å². The number of piperazine rings is 1. The van der Waals surface area contributed by atoms with E-state index in [-0.39, 0.29) is 24.2 Å². The summed E-state index contributed by atoms with van der Waals surface area (Å²) in [4.78, 5) is 43.4. The zero-order valence-electron chi connectivity index (χ0n) is 18.9. The van der Waals surface area contributed by atoms with Gasteiger partial charge in [-0.25, -0.2) is 0 Å². The van der Waals surface area contributed by atoms with Crippen molar-refractivity contribution in [1.82, 2.24) is 14.7 Å². The molecule has 2 heterocycles. The number of benzene rings is 2. The molecule has 0 radical (unpaired) electrons. The maximum absolute atomic E-state index is 12.6. The number of nitrogens with zero attached hydrogens (tertiary/aromatic N) is 3. The van der Waals surface area contributed by atoms with Crippen LogP contribution in [0.2, 0.25) is 0 Å². The van der Waals surface area contributed by atoms with E-state index in [9.17, 15) is 14.4 Å². The minimum atomic E-state index is -0.0681. The molecule has 174 valence electrons. The summed E-state index contributed by atoms with van der Waals surface area (Å²) in [6, 6.07) is 16.0. The summed E-state index contributed by atoms with van der Waals surface area (Å²) >= 11 is 0. The van der Waals surface area contributed by atoms with Crippen LogP contribution in [0.5, 0.6) is 5.75 Å². The van der Waals surface area contributed by atoms with Gasteiger partial charge in [0.05, 0.1) is 6.54 Å². The zero-order valence-corrected chi connectivity index (χ0v) is 18.9. The second-order valence-corrected chi connectivity index (χ2v) is 8.61. The normalized spacial score (nSPS) is 17.0. The SMILES string of the molecule is O=C(c1ccccc1)c1ccc(OCC(=O)N2CCN(CC(=O)N3CCCCC3)CC2)cc1. The molecule has 0 aromatic heterocycles. The van der Waals surface area contributed by atoms with Crippen LogP contribution < -0.4 is 4.74 Å². The Hall–Kier alpha value is -3.19. The van der Waals surface area contributed by atoms with Crippen LogP contribution in [-0.4, -0.2) is 84.7 Å². The van der Waals surface area contributed by atoms with Crippen LogP contribution in [0, 0.1) is 0 Å². The van der Waals surface area contributed by atoms with E-state index < -0.39 is 0 Å². The molecule has 2 amide bonds. The van der Waals surface area contributed by atoms with Crippen molar-refractivity contribution < 1.29 is 19.1 Å². The van der Waals surface area contributed by atoms with Crippen molar-refractivity contribution in [2.24, 2.45) is 0 Å². The van der Waals surface area contributed by atoms with Crippen molar-refractivity contribution >= 4 is 17.6 Å². The molecular weight excluding hydrogens is 418 g/mol. The molecule has 2 aliphatic heterocycles. The first-order valence-electron chi connectivity index (χ1n) is 11.7. The highest BCUT2D eigenvalue weighted by Crippen LogP contribution is 2.16. The molecule has 7 heteroatoms. The van der Waals surface area contributed by atoms with Crippen molar-refractivity contribution in [2.45, 2.75) is 19.3 Å². The quantitative estimate of drug-likeness (QED) is 0.608. The standard InChI is InChI=1S/C26H31N3O4/c30-24(28-13-5-2-6-14-28)19-27-15-17-29(18-16-27)25(31)20-33-23-11-9-22(10-12-23)26(32)21-7-3-1-4-8-21/h1,3-4,7-12H,2,5-6,13-20H2. The van der Waals surface area contributed by atoms with Crippen LogP contribution in [0.25, 0.3) is 0 Å². The summed E-state index contributed by atoms with van der Waals surface area (Å²) in [5.74, 6) is 0.641. The minimum Gasteiger partial charge on any atom is -0.484 e. The maximum atomic E-state index is 12.6. The van der Waals surface area contributed by atoms with Crippen LogP contribution in [0.15, 0.2) is 54.6 Å². The Balaban J connectivity index is 1.19. The summed E-state index contributed by atoms with van der Waals surface area (Å²) in [5, 5.41) is 0. The number of piperidine rings is 1. The fraction of sp³-hybridized carbons (Fsp3) is 0.423. The van der Waals surface area contributed by atoms with Crippen LogP contribution in [0.1, 0.15) is 35.2 Å². The second-order valence-electron chi connectivity index (χ2n) is 8.61. The predicted octanol–water partition coefficient (Wildman–Crippen LogP) is 2.45. The second kappa shape index (κ2) is 11.1. The van der Waals surface area contributed by atoms with E-state index in [1.54, 1.807) is 41.3 Å². The third kappa shape index (κ3) is 6.20. The molecule has 4 rings (SSSR count). The van der Waals surface area contributed by atoms with Crippen molar-refractivity contribution in [3.8, 4) is 5.75 Å². The monoisotopic (exact) mass is 449 g/mol. The lowest BCUT2D eigenvalue weighted by Gasteiger charge is -2.36. The number of ether oxygens (including phenoxy) is 1. The van der Waals surface area contributed by atoms with Gasteiger partial charge in [-0.05, 0) is 43.5 Å². The summed E-state index contributed by atoms with van der Waals surface area (Å²) in [5.41, 5.74) is 1.22. The molecule has 33 heavy (non-hydrogen) atoms. The Labute approximate surface area is 194 Å². The molecule has 0 N–H and O–H groups in total. The molecule has 2 fully saturated rings. The number of likely N-dealkylation sites (tertiary alicyclic amines) is 1. The van der Waals surface area contributed by atoms with Gasteiger partial charge >= 0.3 is 0 Å². The molecule has 0 saturated carbocycles. The Morgan fingerprint density at radius 2 is 1.27 bits per heavy atom. The maximum Gasteiger partial charge on any atom is 0.260 e. The third-order valence-electron chi connectivity index (χ3n) is 6.31. The first-order valence-corrected chi connectivity index (χ1v) is 11.7. The van der Waals surface area contributed by atoms with E-state index in [4.69, 9.17) is 4.74 Å². The highest BCUT2D eigenvalue weighted by atomic mass is 16.5. The van der Waals surface area contributed by atoms with Crippen LogP contribution in [0.4, 0.5) is 0 Å². The van der Waals surface area contributed by atoms with Gasteiger partial charge in [-0.15, -0.1) is 0 Å². The number of carbonyl (C=O) groups is 3. The molecule has 0 atom stereocenters. The minimum absolute atomic E-state index is 0.0430. The lowest BCUT2D eigenvalue weighted by Crippen LogP contribution is -2.52. The first kappa shape index (κ1) is 23.0. The van der Waals surface area contributed by atoms with Crippen molar-refractivity contribution in [3.05, 3.63) is 65.7 Å². The number of amides is 2. The number of carbonyl (C=O) groups excluding carboxylic acids is 3. The van der Waals surface area contributed by atoms with Gasteiger partial charge in [0.2, 0.25) is 5.91 Å². The Morgan fingerprint density at radius 1 is 0.667 bits per heavy atom. The highest BCUT2D eigenvalue weighted by Gasteiger charge is 2.25. The average Bonchev–Trinajstić information content (AvgIpc) is 2.88. The van der Waals surface area contributed by atoms with Gasteiger partial charge in [0, 0.05) is 50.4 Å². The van der Waals surface area contributed by atoms with Crippen LogP contribution in [0.3, 0.4) is 0 Å². The van der Waals surface area contributed by atoms with Crippen LogP contribution in [-0.2, 0) is 9.59 Å². The Morgan fingerprint density at radius 3 is 1.94 bits per heavy atom. The number of rotatable bonds is 7. The van der Waals surface area contributed by atoms with Gasteiger partial charge in [-0.3, -0.25) is 19.3 Å². The van der Waals surface area contributed by atoms with E-state index in [0.717, 1.165) is 25.9 Å². The summed E-state index contributed by atoms with van der Waals surface area (Å²) in [6.45, 7) is 4.72. The molecular formula is C26H31N3O4. The Bertz CT molecular complexity index is 947. The topological polar surface area (TPSA) is 70.2 Å². The summed E-state index contributed by atoms with van der Waals surface area (Å²) < 4.78 is 5.66. The molecule has 0 unspecified atom stereocenters. The smallest absolute Gasteiger partial charge is 0.260 e. The van der Waals surface area contributed by atoms with Crippen molar-refractivity contribution in [2.75, 3.05) is 52.4 Å². The zero-order chi connectivity index (χ0) is 23.0. The number of hydrogen-bond acceptors (Lipinski definition) is 5. The predicted molar refractivity (Wildman–Crippen MR) is 125 cm³/mol. The first-order chi connectivity index (χ1) is 16.1. The molecule has 2 aromatic carbocycles. The van der Waals surface area contributed by atoms with E-state index in [1.807, 2.05) is 23.1 Å². The number of hydrogen-bond donors (Lipinski definition) is 0. The fourth-order valence-electron chi connectivity index (χ4n) is 4.29. The molecule has 2 aliphatic rings. The van der Waals surface area contributed by atoms with Gasteiger partial charge in [0.1, 0.15) is 5.75 Å². The lowest BCUT2D eigenvalue weighted by atomic mass is 10.0. The summed E-state index contributed by atoms with van der Waals surface area (Å²) in [6.07, 6.45) is 3.41. The largest absolute Gasteiger partial charge is 0.484 e. The molecule has 0 bridgehead atoms. The van der Waals surface area contributed by atoms with Gasteiger partial charge < -0.3 is 14.5 Å². The molecule has 2 aromatic rings. The lowest BCUT2D eigenvalue weighted by molar-refractivity contribution is -0.136. The molecule has 2 saturated heterocycles. The summed E-state index contributed by atoms with van der Waals surface area (Å²) in [7, 11) is 0. The fourth-order valence-corrected chi connectivity index (χ4v) is 4.29. The average molecular weight is 450 g/mol. The highest BCUT2D eigenvalue weighted by molar-refractivity contribution is 6.09. The van der Waals surface area contributed by atoms with Crippen molar-refractivity contribution in [3.63, 3.8) is 0 Å². The van der Waals surface area contributed by atoms with E-state index in [1.165, 1.54) is 6.42 Å². The van der Waals surface area contributed by atoms with Gasteiger partial charge in [0.25, 0.3) is 5.91 Å². The number of ketones is 1. The van der Waals surface area contributed by atoms with E-state index >= 15 is 0 Å². The van der Waals surface area contributed by atoms with E-state index in [2.05, 4.69) is 4.90 Å². The third-order valence-corrected chi connectivity index (χ3v) is 6.31. The van der Waals surface area contributed by atoms with Gasteiger partial charge in [0.15, 0.2) is 12.4 Å². The molecule has 0 aliphatic carbocycles.